The fourth-order valence-corrected chi connectivity index (χ4v) is 1.63. The minimum Gasteiger partial charge on any atom is -0.398 e. The van der Waals surface area contributed by atoms with Crippen molar-refractivity contribution in [1.82, 2.24) is 9.97 Å². The number of hydrogen-bond acceptors (Lipinski definition) is 3. The Kier molecular flexibility index (Phi) is 3.01. The molecule has 2 rings (SSSR count). The normalized spacial score (nSPS) is 10.4. The molecule has 5 heteroatoms. The second-order valence-corrected chi connectivity index (χ2v) is 4.03. The summed E-state index contributed by atoms with van der Waals surface area (Å²) < 4.78 is 0. The number of aromatic nitrogens is 2. The lowest BCUT2D eigenvalue weighted by molar-refractivity contribution is 1.07. The van der Waals surface area contributed by atoms with E-state index in [9.17, 15) is 0 Å². The van der Waals surface area contributed by atoms with Gasteiger partial charge in [0.05, 0.1) is 29.3 Å². The first-order valence-corrected chi connectivity index (χ1v) is 5.31. The quantitative estimate of drug-likeness (QED) is 0.718. The maximum absolute atomic E-state index is 5.96. The van der Waals surface area contributed by atoms with Gasteiger partial charge in [-0.1, -0.05) is 11.6 Å². The Morgan fingerprint density at radius 3 is 3.00 bits per heavy atom. The van der Waals surface area contributed by atoms with E-state index in [1.807, 2.05) is 19.1 Å². The Labute approximate surface area is 98.8 Å². The van der Waals surface area contributed by atoms with Crippen LogP contribution in [0.25, 0.3) is 0 Å². The maximum atomic E-state index is 5.96. The summed E-state index contributed by atoms with van der Waals surface area (Å²) in [6, 6.07) is 3.69. The van der Waals surface area contributed by atoms with Crippen molar-refractivity contribution in [3.63, 3.8) is 0 Å². The zero-order valence-electron chi connectivity index (χ0n) is 8.92. The average Bonchev–Trinajstić information content (AvgIpc) is 2.74. The molecule has 0 fully saturated rings. The highest BCUT2D eigenvalue weighted by molar-refractivity contribution is 6.33. The number of halogens is 1. The number of rotatable bonds is 3. The van der Waals surface area contributed by atoms with E-state index in [1.54, 1.807) is 12.5 Å². The molecule has 0 amide bonds. The number of H-pyrrole nitrogens is 1. The molecule has 0 atom stereocenters. The summed E-state index contributed by atoms with van der Waals surface area (Å²) in [5.41, 5.74) is 9.38. The van der Waals surface area contributed by atoms with Crippen LogP contribution in [0.15, 0.2) is 24.7 Å². The van der Waals surface area contributed by atoms with E-state index in [2.05, 4.69) is 15.3 Å². The Morgan fingerprint density at radius 2 is 2.31 bits per heavy atom. The van der Waals surface area contributed by atoms with Crippen LogP contribution in [0, 0.1) is 6.92 Å². The molecule has 84 valence electrons. The average molecular weight is 237 g/mol. The van der Waals surface area contributed by atoms with E-state index in [-0.39, 0.29) is 0 Å². The molecule has 16 heavy (non-hydrogen) atoms. The highest BCUT2D eigenvalue weighted by Crippen LogP contribution is 2.26. The van der Waals surface area contributed by atoms with Gasteiger partial charge in [-0.15, -0.1) is 0 Å². The molecule has 4 N–H and O–H groups in total. The molecule has 4 nitrogen and oxygen atoms in total. The molecule has 0 saturated heterocycles. The van der Waals surface area contributed by atoms with E-state index >= 15 is 0 Å². The molecule has 1 aromatic heterocycles. The molecule has 0 radical (unpaired) electrons. The number of nitrogens with two attached hydrogens (primary N) is 1. The third kappa shape index (κ3) is 2.28. The van der Waals surface area contributed by atoms with Crippen molar-refractivity contribution in [2.45, 2.75) is 13.5 Å². The molecule has 0 spiro atoms. The van der Waals surface area contributed by atoms with Crippen molar-refractivity contribution in [3.05, 3.63) is 40.9 Å². The smallest absolute Gasteiger partial charge is 0.0922 e. The van der Waals surface area contributed by atoms with Gasteiger partial charge in [0.1, 0.15) is 0 Å². The summed E-state index contributed by atoms with van der Waals surface area (Å²) in [6.07, 6.45) is 3.43. The summed E-state index contributed by atoms with van der Waals surface area (Å²) in [4.78, 5) is 6.97. The van der Waals surface area contributed by atoms with E-state index in [0.717, 1.165) is 16.9 Å². The second-order valence-electron chi connectivity index (χ2n) is 3.62. The van der Waals surface area contributed by atoms with Gasteiger partial charge in [-0.05, 0) is 24.6 Å². The van der Waals surface area contributed by atoms with Crippen molar-refractivity contribution in [3.8, 4) is 0 Å². The number of benzene rings is 1. The molecule has 0 saturated carbocycles. The molecular formula is C11H13ClN4. The van der Waals surface area contributed by atoms with Crippen molar-refractivity contribution >= 4 is 23.0 Å². The number of nitrogens with one attached hydrogen (secondary N) is 2. The summed E-state index contributed by atoms with van der Waals surface area (Å²) in [5, 5.41) is 3.84. The van der Waals surface area contributed by atoms with Gasteiger partial charge in [0.2, 0.25) is 0 Å². The Hall–Kier alpha value is -1.68. The predicted molar refractivity (Wildman–Crippen MR) is 66.5 cm³/mol. The lowest BCUT2D eigenvalue weighted by atomic mass is 10.2. The first-order valence-electron chi connectivity index (χ1n) is 4.93. The Balaban J connectivity index is 2.12. The SMILES string of the molecule is Cc1cc(N)c(Cl)cc1NCc1cnc[nH]1. The lowest BCUT2D eigenvalue weighted by Gasteiger charge is -2.10. The van der Waals surface area contributed by atoms with Crippen LogP contribution >= 0.6 is 11.6 Å². The maximum Gasteiger partial charge on any atom is 0.0922 e. The highest BCUT2D eigenvalue weighted by Gasteiger charge is 2.03. The van der Waals surface area contributed by atoms with E-state index in [1.165, 1.54) is 0 Å². The molecule has 2 aromatic rings. The number of aromatic amines is 1. The Morgan fingerprint density at radius 1 is 1.50 bits per heavy atom. The van der Waals surface area contributed by atoms with E-state index < -0.39 is 0 Å². The number of hydrogen-bond donors (Lipinski definition) is 3. The second kappa shape index (κ2) is 4.45. The minimum atomic E-state index is 0.567. The van der Waals surface area contributed by atoms with Gasteiger partial charge < -0.3 is 16.0 Å². The fourth-order valence-electron chi connectivity index (χ4n) is 1.47. The summed E-state index contributed by atoms with van der Waals surface area (Å²) in [6.45, 7) is 2.67. The molecule has 1 heterocycles. The van der Waals surface area contributed by atoms with Crippen LogP contribution in [-0.2, 0) is 6.54 Å². The van der Waals surface area contributed by atoms with Crippen molar-refractivity contribution in [2.24, 2.45) is 0 Å². The summed E-state index contributed by atoms with van der Waals surface area (Å²) >= 11 is 5.96. The van der Waals surface area contributed by atoms with Crippen LogP contribution in [0.4, 0.5) is 11.4 Å². The number of aryl methyl sites for hydroxylation is 1. The lowest BCUT2D eigenvalue weighted by Crippen LogP contribution is -2.02. The molecule has 0 aliphatic heterocycles. The first-order chi connectivity index (χ1) is 7.66. The van der Waals surface area contributed by atoms with Gasteiger partial charge in [0, 0.05) is 11.9 Å². The largest absolute Gasteiger partial charge is 0.398 e. The van der Waals surface area contributed by atoms with Gasteiger partial charge in [0.15, 0.2) is 0 Å². The van der Waals surface area contributed by atoms with Gasteiger partial charge in [-0.2, -0.15) is 0 Å². The topological polar surface area (TPSA) is 66.7 Å². The monoisotopic (exact) mass is 236 g/mol. The van der Waals surface area contributed by atoms with Gasteiger partial charge >= 0.3 is 0 Å². The van der Waals surface area contributed by atoms with Crippen LogP contribution in [0.3, 0.4) is 0 Å². The van der Waals surface area contributed by atoms with Crippen LogP contribution in [0.1, 0.15) is 11.3 Å². The zero-order valence-corrected chi connectivity index (χ0v) is 9.67. The van der Waals surface area contributed by atoms with Gasteiger partial charge in [-0.25, -0.2) is 4.98 Å². The van der Waals surface area contributed by atoms with Gasteiger partial charge in [-0.3, -0.25) is 0 Å². The number of imidazole rings is 1. The van der Waals surface area contributed by atoms with Crippen LogP contribution < -0.4 is 11.1 Å². The van der Waals surface area contributed by atoms with Crippen LogP contribution in [0.5, 0.6) is 0 Å². The molecule has 0 aliphatic rings. The molecule has 1 aromatic carbocycles. The predicted octanol–water partition coefficient (Wildman–Crippen LogP) is 2.57. The highest BCUT2D eigenvalue weighted by atomic mass is 35.5. The molecular weight excluding hydrogens is 224 g/mol. The number of anilines is 2. The Bertz CT molecular complexity index is 479. The van der Waals surface area contributed by atoms with Crippen molar-refractivity contribution < 1.29 is 0 Å². The van der Waals surface area contributed by atoms with Crippen LogP contribution in [-0.4, -0.2) is 9.97 Å². The third-order valence-electron chi connectivity index (χ3n) is 2.37. The third-order valence-corrected chi connectivity index (χ3v) is 2.70. The van der Waals surface area contributed by atoms with E-state index in [0.29, 0.717) is 17.3 Å². The van der Waals surface area contributed by atoms with Crippen molar-refractivity contribution in [2.75, 3.05) is 11.1 Å². The molecule has 0 bridgehead atoms. The fraction of sp³-hybridized carbons (Fsp3) is 0.182. The zero-order chi connectivity index (χ0) is 11.5. The molecule has 0 aliphatic carbocycles. The number of nitrogen functional groups attached to an aromatic ring is 1. The molecule has 0 unspecified atom stereocenters. The minimum absolute atomic E-state index is 0.567. The number of nitrogens with zero attached hydrogens (tertiary/aromatic N) is 1. The first kappa shape index (κ1) is 10.8. The van der Waals surface area contributed by atoms with Crippen molar-refractivity contribution in [1.29, 1.82) is 0 Å². The standard InChI is InChI=1S/C11H13ClN4/c1-7-2-10(13)9(12)3-11(7)15-5-8-4-14-6-16-8/h2-4,6,15H,5,13H2,1H3,(H,14,16). The van der Waals surface area contributed by atoms with Gasteiger partial charge in [0.25, 0.3) is 0 Å². The van der Waals surface area contributed by atoms with E-state index in [4.69, 9.17) is 17.3 Å². The summed E-state index contributed by atoms with van der Waals surface area (Å²) in [5.74, 6) is 0. The van der Waals surface area contributed by atoms with Crippen LogP contribution in [0.2, 0.25) is 5.02 Å². The summed E-state index contributed by atoms with van der Waals surface area (Å²) in [7, 11) is 0.